The summed E-state index contributed by atoms with van der Waals surface area (Å²) in [5, 5.41) is 1.19. The van der Waals surface area contributed by atoms with Gasteiger partial charge in [0.2, 0.25) is 0 Å². The summed E-state index contributed by atoms with van der Waals surface area (Å²) in [6.45, 7) is 7.16. The molecule has 0 saturated carbocycles. The van der Waals surface area contributed by atoms with Crippen molar-refractivity contribution in [1.82, 2.24) is 4.98 Å². The molecule has 0 aliphatic rings. The molecule has 0 aliphatic carbocycles. The monoisotopic (exact) mass is 246 g/mol. The van der Waals surface area contributed by atoms with Gasteiger partial charge < -0.3 is 5.73 Å². The Kier molecular flexibility index (Phi) is 3.31. The van der Waals surface area contributed by atoms with Crippen LogP contribution in [0.5, 0.6) is 0 Å². The normalized spacial score (nSPS) is 12.7. The Bertz CT molecular complexity index is 547. The van der Waals surface area contributed by atoms with Crippen molar-refractivity contribution in [2.24, 2.45) is 5.73 Å². The third kappa shape index (κ3) is 2.73. The molecule has 0 bridgehead atoms. The molecule has 2 nitrogen and oxygen atoms in total. The number of fused-ring (bicyclic) bond motifs is 1. The van der Waals surface area contributed by atoms with Crippen molar-refractivity contribution in [2.75, 3.05) is 6.54 Å². The van der Waals surface area contributed by atoms with Crippen LogP contribution in [0.4, 0.5) is 0 Å². The highest BCUT2D eigenvalue weighted by Gasteiger charge is 2.18. The fraction of sp³-hybridized carbons (Fsp3) is 0.357. The minimum Gasteiger partial charge on any atom is -0.327 e. The third-order valence-electron chi connectivity index (χ3n) is 2.50. The number of nitrogens with two attached hydrogens (primary N) is 1. The van der Waals surface area contributed by atoms with Crippen LogP contribution < -0.4 is 5.73 Å². The van der Waals surface area contributed by atoms with Crippen LogP contribution in [0.15, 0.2) is 24.3 Å². The quantitative estimate of drug-likeness (QED) is 0.880. The summed E-state index contributed by atoms with van der Waals surface area (Å²) >= 11 is 1.78. The number of benzene rings is 1. The van der Waals surface area contributed by atoms with Gasteiger partial charge in [-0.3, -0.25) is 0 Å². The molecule has 17 heavy (non-hydrogen) atoms. The van der Waals surface area contributed by atoms with Gasteiger partial charge in [0.05, 0.1) is 15.2 Å². The third-order valence-corrected chi connectivity index (χ3v) is 3.94. The smallest absolute Gasteiger partial charge is 0.0992 e. The van der Waals surface area contributed by atoms with E-state index in [2.05, 4.69) is 50.0 Å². The van der Waals surface area contributed by atoms with E-state index in [4.69, 9.17) is 5.73 Å². The van der Waals surface area contributed by atoms with Crippen LogP contribution in [0.2, 0.25) is 0 Å². The Labute approximate surface area is 106 Å². The molecule has 0 aliphatic heterocycles. The summed E-state index contributed by atoms with van der Waals surface area (Å²) in [6, 6.07) is 6.34. The zero-order chi connectivity index (χ0) is 12.5. The number of aromatic nitrogens is 1. The van der Waals surface area contributed by atoms with Gasteiger partial charge in [0.1, 0.15) is 0 Å². The van der Waals surface area contributed by atoms with E-state index in [9.17, 15) is 0 Å². The molecule has 0 atom stereocenters. The Morgan fingerprint density at radius 2 is 2.12 bits per heavy atom. The van der Waals surface area contributed by atoms with Crippen molar-refractivity contribution in [3.8, 4) is 0 Å². The number of rotatable bonds is 2. The van der Waals surface area contributed by atoms with Gasteiger partial charge in [-0.05, 0) is 17.7 Å². The van der Waals surface area contributed by atoms with E-state index in [1.54, 1.807) is 11.3 Å². The molecule has 1 aromatic heterocycles. The summed E-state index contributed by atoms with van der Waals surface area (Å²) in [5.74, 6) is 0. The summed E-state index contributed by atoms with van der Waals surface area (Å²) in [4.78, 5) is 4.68. The van der Waals surface area contributed by atoms with E-state index in [-0.39, 0.29) is 5.41 Å². The average molecular weight is 246 g/mol. The molecule has 2 aromatic rings. The van der Waals surface area contributed by atoms with Crippen LogP contribution in [0.25, 0.3) is 16.3 Å². The average Bonchev–Trinajstić information content (AvgIpc) is 2.68. The van der Waals surface area contributed by atoms with Gasteiger partial charge in [0.25, 0.3) is 0 Å². The maximum atomic E-state index is 5.45. The zero-order valence-corrected chi connectivity index (χ0v) is 11.3. The first-order valence-corrected chi connectivity index (χ1v) is 6.60. The maximum absolute atomic E-state index is 5.45. The first-order valence-electron chi connectivity index (χ1n) is 5.78. The molecular formula is C14H18N2S. The predicted octanol–water partition coefficient (Wildman–Crippen LogP) is 3.57. The summed E-state index contributed by atoms with van der Waals surface area (Å²) in [7, 11) is 0. The second-order valence-corrected chi connectivity index (χ2v) is 6.16. The van der Waals surface area contributed by atoms with Crippen molar-refractivity contribution in [1.29, 1.82) is 0 Å². The lowest BCUT2D eigenvalue weighted by Gasteiger charge is -2.13. The molecule has 2 N–H and O–H groups in total. The van der Waals surface area contributed by atoms with E-state index in [0.29, 0.717) is 6.54 Å². The fourth-order valence-corrected chi connectivity index (χ4v) is 2.64. The largest absolute Gasteiger partial charge is 0.327 e. The lowest BCUT2D eigenvalue weighted by molar-refractivity contribution is 0.587. The van der Waals surface area contributed by atoms with Gasteiger partial charge in [0.15, 0.2) is 0 Å². The van der Waals surface area contributed by atoms with E-state index >= 15 is 0 Å². The summed E-state index contributed by atoms with van der Waals surface area (Å²) in [5.41, 5.74) is 7.85. The van der Waals surface area contributed by atoms with Crippen molar-refractivity contribution in [3.05, 3.63) is 34.8 Å². The van der Waals surface area contributed by atoms with Crippen LogP contribution in [-0.4, -0.2) is 11.5 Å². The van der Waals surface area contributed by atoms with Gasteiger partial charge in [0, 0.05) is 12.0 Å². The topological polar surface area (TPSA) is 38.9 Å². The highest BCUT2D eigenvalue weighted by atomic mass is 32.1. The van der Waals surface area contributed by atoms with E-state index in [1.165, 1.54) is 15.3 Å². The standard InChI is InChI=1S/C14H18N2S/c1-14(2,3)13-16-11-7-6-10(5-4-8-15)9-12(11)17-13/h4-7,9H,8,15H2,1-3H3/b5-4+. The molecule has 0 amide bonds. The first-order chi connectivity index (χ1) is 8.00. The molecule has 0 radical (unpaired) electrons. The van der Waals surface area contributed by atoms with Crippen molar-refractivity contribution >= 4 is 27.6 Å². The zero-order valence-electron chi connectivity index (χ0n) is 10.5. The van der Waals surface area contributed by atoms with Crippen molar-refractivity contribution in [3.63, 3.8) is 0 Å². The molecule has 2 rings (SSSR count). The van der Waals surface area contributed by atoms with E-state index in [0.717, 1.165) is 5.52 Å². The number of nitrogens with zero attached hydrogens (tertiary/aromatic N) is 1. The van der Waals surface area contributed by atoms with Crippen molar-refractivity contribution in [2.45, 2.75) is 26.2 Å². The van der Waals surface area contributed by atoms with Crippen molar-refractivity contribution < 1.29 is 0 Å². The van der Waals surface area contributed by atoms with Gasteiger partial charge in [-0.1, -0.05) is 39.0 Å². The molecule has 0 fully saturated rings. The number of thiazole rings is 1. The minimum atomic E-state index is 0.122. The lowest BCUT2D eigenvalue weighted by Crippen LogP contribution is -2.09. The van der Waals surface area contributed by atoms with Gasteiger partial charge in [-0.25, -0.2) is 4.98 Å². The molecule has 1 aromatic carbocycles. The second-order valence-electron chi connectivity index (χ2n) is 5.13. The molecule has 0 saturated heterocycles. The fourth-order valence-electron chi connectivity index (χ4n) is 1.57. The van der Waals surface area contributed by atoms with E-state index < -0.39 is 0 Å². The Balaban J connectivity index is 2.44. The number of hydrogen-bond donors (Lipinski definition) is 1. The number of hydrogen-bond acceptors (Lipinski definition) is 3. The van der Waals surface area contributed by atoms with Gasteiger partial charge in [-0.2, -0.15) is 0 Å². The minimum absolute atomic E-state index is 0.122. The van der Waals surface area contributed by atoms with Crippen LogP contribution in [-0.2, 0) is 5.41 Å². The van der Waals surface area contributed by atoms with Crippen LogP contribution in [0, 0.1) is 0 Å². The SMILES string of the molecule is CC(C)(C)c1nc2ccc(/C=C/CN)cc2s1. The molecule has 3 heteroatoms. The Morgan fingerprint density at radius 1 is 1.35 bits per heavy atom. The molecule has 1 heterocycles. The van der Waals surface area contributed by atoms with Gasteiger partial charge in [-0.15, -0.1) is 11.3 Å². The Morgan fingerprint density at radius 3 is 2.76 bits per heavy atom. The lowest BCUT2D eigenvalue weighted by atomic mass is 9.98. The predicted molar refractivity (Wildman–Crippen MR) is 76.4 cm³/mol. The molecule has 90 valence electrons. The van der Waals surface area contributed by atoms with Crippen LogP contribution in [0.3, 0.4) is 0 Å². The summed E-state index contributed by atoms with van der Waals surface area (Å²) < 4.78 is 1.24. The highest BCUT2D eigenvalue weighted by molar-refractivity contribution is 7.18. The highest BCUT2D eigenvalue weighted by Crippen LogP contribution is 2.31. The van der Waals surface area contributed by atoms with Crippen LogP contribution in [0.1, 0.15) is 31.3 Å². The van der Waals surface area contributed by atoms with E-state index in [1.807, 2.05) is 6.08 Å². The maximum Gasteiger partial charge on any atom is 0.0992 e. The molecule has 0 unspecified atom stereocenters. The van der Waals surface area contributed by atoms with Gasteiger partial charge >= 0.3 is 0 Å². The Hall–Kier alpha value is -1.19. The summed E-state index contributed by atoms with van der Waals surface area (Å²) in [6.07, 6.45) is 4.02. The first kappa shape index (κ1) is 12.3. The molecular weight excluding hydrogens is 228 g/mol. The van der Waals surface area contributed by atoms with Crippen LogP contribution >= 0.6 is 11.3 Å². The second kappa shape index (κ2) is 4.59. The molecule has 0 spiro atoms.